The van der Waals surface area contributed by atoms with Crippen molar-refractivity contribution in [1.29, 1.82) is 0 Å². The molecule has 3 nitrogen and oxygen atoms in total. The van der Waals surface area contributed by atoms with Crippen molar-refractivity contribution in [3.63, 3.8) is 0 Å². The monoisotopic (exact) mass is 392 g/mol. The van der Waals surface area contributed by atoms with Gasteiger partial charge in [0, 0.05) is 16.3 Å². The summed E-state index contributed by atoms with van der Waals surface area (Å²) < 4.78 is 7.20. The van der Waals surface area contributed by atoms with Crippen LogP contribution in [0, 0.1) is 0 Å². The summed E-state index contributed by atoms with van der Waals surface area (Å²) in [6, 6.07) is 4.36. The average molecular weight is 394 g/mol. The van der Waals surface area contributed by atoms with Gasteiger partial charge in [-0.25, -0.2) is 0 Å². The van der Waals surface area contributed by atoms with Crippen LogP contribution >= 0.6 is 43.6 Å². The Morgan fingerprint density at radius 2 is 2.22 bits per heavy atom. The first-order chi connectivity index (χ1) is 8.63. The fourth-order valence-electron chi connectivity index (χ4n) is 1.59. The minimum atomic E-state index is 0.439. The van der Waals surface area contributed by atoms with E-state index < -0.39 is 0 Å². The van der Waals surface area contributed by atoms with E-state index in [0.29, 0.717) is 6.04 Å². The number of rotatable bonds is 3. The molecule has 1 atom stereocenters. The summed E-state index contributed by atoms with van der Waals surface area (Å²) in [6.45, 7) is 2.16. The SMILES string of the molecule is CCC1CSC(Nc2cc(OC)c(Br)cc2Br)=N1. The number of hydrogen-bond acceptors (Lipinski definition) is 4. The van der Waals surface area contributed by atoms with E-state index in [4.69, 9.17) is 4.74 Å². The lowest BCUT2D eigenvalue weighted by atomic mass is 10.3. The third-order valence-electron chi connectivity index (χ3n) is 2.67. The van der Waals surface area contributed by atoms with E-state index in [1.807, 2.05) is 12.1 Å². The number of amidine groups is 1. The predicted molar refractivity (Wildman–Crippen MR) is 86.0 cm³/mol. The zero-order chi connectivity index (χ0) is 13.1. The Bertz CT molecular complexity index is 479. The molecule has 1 N–H and O–H groups in total. The molecule has 1 unspecified atom stereocenters. The highest BCUT2D eigenvalue weighted by atomic mass is 79.9. The summed E-state index contributed by atoms with van der Waals surface area (Å²) in [6.07, 6.45) is 1.09. The van der Waals surface area contributed by atoms with Crippen molar-refractivity contribution in [3.05, 3.63) is 21.1 Å². The highest BCUT2D eigenvalue weighted by Crippen LogP contribution is 2.35. The molecule has 1 heterocycles. The number of nitrogens with zero attached hydrogens (tertiary/aromatic N) is 1. The van der Waals surface area contributed by atoms with E-state index in [0.717, 1.165) is 37.7 Å². The molecule has 2 rings (SSSR count). The van der Waals surface area contributed by atoms with Crippen LogP contribution in [-0.4, -0.2) is 24.1 Å². The van der Waals surface area contributed by atoms with Crippen LogP contribution in [-0.2, 0) is 0 Å². The van der Waals surface area contributed by atoms with Crippen molar-refractivity contribution < 1.29 is 4.74 Å². The van der Waals surface area contributed by atoms with Crippen LogP contribution in [0.2, 0.25) is 0 Å². The van der Waals surface area contributed by atoms with Crippen LogP contribution in [0.1, 0.15) is 13.3 Å². The number of aliphatic imine (C=N–C) groups is 1. The molecule has 0 spiro atoms. The number of thioether (sulfide) groups is 1. The third-order valence-corrected chi connectivity index (χ3v) is 4.97. The van der Waals surface area contributed by atoms with E-state index in [2.05, 4.69) is 49.1 Å². The summed E-state index contributed by atoms with van der Waals surface area (Å²) in [5.41, 5.74) is 0.970. The van der Waals surface area contributed by atoms with Crippen LogP contribution in [0.3, 0.4) is 0 Å². The molecule has 0 fully saturated rings. The van der Waals surface area contributed by atoms with Crippen molar-refractivity contribution in [1.82, 2.24) is 0 Å². The van der Waals surface area contributed by atoms with Crippen LogP contribution in [0.25, 0.3) is 0 Å². The van der Waals surface area contributed by atoms with Crippen LogP contribution in [0.4, 0.5) is 5.69 Å². The van der Waals surface area contributed by atoms with Crippen molar-refractivity contribution >= 4 is 54.5 Å². The number of hydrogen-bond donors (Lipinski definition) is 1. The molecule has 0 aliphatic carbocycles. The Morgan fingerprint density at radius 3 is 2.83 bits per heavy atom. The largest absolute Gasteiger partial charge is 0.495 e. The van der Waals surface area contributed by atoms with E-state index in [1.54, 1.807) is 18.9 Å². The maximum atomic E-state index is 5.29. The molecule has 6 heteroatoms. The zero-order valence-corrected chi connectivity index (χ0v) is 14.2. The van der Waals surface area contributed by atoms with Gasteiger partial charge in [0.2, 0.25) is 0 Å². The zero-order valence-electron chi connectivity index (χ0n) is 10.2. The molecule has 1 aliphatic heterocycles. The summed E-state index contributed by atoms with van der Waals surface area (Å²) >= 11 is 8.76. The minimum Gasteiger partial charge on any atom is -0.495 e. The van der Waals surface area contributed by atoms with Crippen LogP contribution < -0.4 is 10.1 Å². The lowest BCUT2D eigenvalue weighted by Gasteiger charge is -2.11. The lowest BCUT2D eigenvalue weighted by molar-refractivity contribution is 0.412. The second-order valence-corrected chi connectivity index (χ2v) is 6.62. The molecule has 1 aromatic rings. The number of benzene rings is 1. The normalized spacial score (nSPS) is 18.7. The highest BCUT2D eigenvalue weighted by Gasteiger charge is 2.17. The summed E-state index contributed by atoms with van der Waals surface area (Å²) in [5.74, 6) is 1.86. The number of ether oxygens (including phenoxy) is 1. The molecule has 0 bridgehead atoms. The molecule has 1 aliphatic rings. The molecule has 18 heavy (non-hydrogen) atoms. The van der Waals surface area contributed by atoms with Crippen LogP contribution in [0.15, 0.2) is 26.1 Å². The molecule has 1 aromatic carbocycles. The van der Waals surface area contributed by atoms with Gasteiger partial charge in [0.15, 0.2) is 5.17 Å². The predicted octanol–water partition coefficient (Wildman–Crippen LogP) is 4.51. The third kappa shape index (κ3) is 3.22. The van der Waals surface area contributed by atoms with Gasteiger partial charge in [0.25, 0.3) is 0 Å². The smallest absolute Gasteiger partial charge is 0.161 e. The number of nitrogens with one attached hydrogen (secondary N) is 1. The van der Waals surface area contributed by atoms with Gasteiger partial charge in [-0.3, -0.25) is 4.99 Å². The van der Waals surface area contributed by atoms with Gasteiger partial charge in [-0.05, 0) is 44.3 Å². The average Bonchev–Trinajstić information content (AvgIpc) is 2.80. The molecular weight excluding hydrogens is 380 g/mol. The first kappa shape index (κ1) is 14.2. The van der Waals surface area contributed by atoms with Gasteiger partial charge in [-0.15, -0.1) is 0 Å². The maximum Gasteiger partial charge on any atom is 0.161 e. The van der Waals surface area contributed by atoms with Gasteiger partial charge in [0.1, 0.15) is 5.75 Å². The molecule has 0 radical (unpaired) electrons. The van der Waals surface area contributed by atoms with Gasteiger partial charge >= 0.3 is 0 Å². The maximum absolute atomic E-state index is 5.29. The molecule has 0 saturated carbocycles. The Morgan fingerprint density at radius 1 is 1.44 bits per heavy atom. The first-order valence-corrected chi connectivity index (χ1v) is 8.21. The van der Waals surface area contributed by atoms with Crippen molar-refractivity contribution in [2.75, 3.05) is 18.2 Å². The molecular formula is C12H14Br2N2OS. The van der Waals surface area contributed by atoms with E-state index in [1.165, 1.54) is 0 Å². The Hall–Kier alpha value is -0.200. The molecule has 0 amide bonds. The van der Waals surface area contributed by atoms with E-state index in [-0.39, 0.29) is 0 Å². The molecule has 0 saturated heterocycles. The Kier molecular flexibility index (Phi) is 4.98. The summed E-state index contributed by atoms with van der Waals surface area (Å²) in [5, 5.41) is 4.32. The minimum absolute atomic E-state index is 0.439. The first-order valence-electron chi connectivity index (χ1n) is 5.64. The van der Waals surface area contributed by atoms with E-state index in [9.17, 15) is 0 Å². The second kappa shape index (κ2) is 6.30. The number of methoxy groups -OCH3 is 1. The summed E-state index contributed by atoms with van der Waals surface area (Å²) in [7, 11) is 1.66. The van der Waals surface area contributed by atoms with Gasteiger partial charge in [-0.2, -0.15) is 0 Å². The van der Waals surface area contributed by atoms with Crippen molar-refractivity contribution in [2.45, 2.75) is 19.4 Å². The Labute approximate surface area is 128 Å². The van der Waals surface area contributed by atoms with Gasteiger partial charge in [-0.1, -0.05) is 18.7 Å². The quantitative estimate of drug-likeness (QED) is 0.819. The topological polar surface area (TPSA) is 33.6 Å². The number of anilines is 1. The number of halogens is 2. The molecule has 0 aromatic heterocycles. The van der Waals surface area contributed by atoms with Gasteiger partial charge in [0.05, 0.1) is 23.3 Å². The van der Waals surface area contributed by atoms with Gasteiger partial charge < -0.3 is 10.1 Å². The van der Waals surface area contributed by atoms with Crippen LogP contribution in [0.5, 0.6) is 5.75 Å². The standard InChI is InChI=1S/C12H14Br2N2OS/c1-3-7-6-18-12(15-7)16-10-5-11(17-2)9(14)4-8(10)13/h4-5,7H,3,6H2,1-2H3,(H,15,16). The van der Waals surface area contributed by atoms with E-state index >= 15 is 0 Å². The fraction of sp³-hybridized carbons (Fsp3) is 0.417. The van der Waals surface area contributed by atoms with Crippen molar-refractivity contribution in [2.24, 2.45) is 4.99 Å². The second-order valence-electron chi connectivity index (χ2n) is 3.90. The Balaban J connectivity index is 2.19. The highest BCUT2D eigenvalue weighted by molar-refractivity contribution is 9.11. The lowest BCUT2D eigenvalue weighted by Crippen LogP contribution is -2.06. The summed E-state index contributed by atoms with van der Waals surface area (Å²) in [4.78, 5) is 4.62. The molecule has 98 valence electrons. The fourth-order valence-corrected chi connectivity index (χ4v) is 3.91. The van der Waals surface area contributed by atoms with Crippen molar-refractivity contribution in [3.8, 4) is 5.75 Å².